The van der Waals surface area contributed by atoms with Crippen LogP contribution in [-0.4, -0.2) is 6.03 Å². The van der Waals surface area contributed by atoms with Gasteiger partial charge in [-0.05, 0) is 36.5 Å². The molecule has 1 aromatic carbocycles. The van der Waals surface area contributed by atoms with Crippen molar-refractivity contribution in [2.45, 2.75) is 19.8 Å². The fourth-order valence-corrected chi connectivity index (χ4v) is 2.86. The normalized spacial score (nSPS) is 22.6. The van der Waals surface area contributed by atoms with Gasteiger partial charge in [0.25, 0.3) is 0 Å². The van der Waals surface area contributed by atoms with E-state index in [2.05, 4.69) is 41.9 Å². The van der Waals surface area contributed by atoms with E-state index in [1.54, 1.807) is 0 Å². The van der Waals surface area contributed by atoms with E-state index in [4.69, 9.17) is 0 Å². The number of carbonyl (C=O) groups is 1. The molecule has 0 saturated heterocycles. The third-order valence-electron chi connectivity index (χ3n) is 4.10. The number of aryl methyl sites for hydroxylation is 1. The summed E-state index contributed by atoms with van der Waals surface area (Å²) in [5, 5.41) is 5.86. The highest BCUT2D eigenvalue weighted by Gasteiger charge is 2.27. The molecule has 1 aromatic rings. The topological polar surface area (TPSA) is 41.1 Å². The summed E-state index contributed by atoms with van der Waals surface area (Å²) in [7, 11) is 0. The Kier molecular flexibility index (Phi) is 3.91. The van der Waals surface area contributed by atoms with E-state index < -0.39 is 0 Å². The van der Waals surface area contributed by atoms with E-state index in [0.29, 0.717) is 11.8 Å². The third kappa shape index (κ3) is 3.07. The number of anilines is 1. The molecule has 2 unspecified atom stereocenters. The first-order chi connectivity index (χ1) is 10.3. The van der Waals surface area contributed by atoms with Crippen molar-refractivity contribution in [3.8, 4) is 0 Å². The Morgan fingerprint density at radius 1 is 1.14 bits per heavy atom. The van der Waals surface area contributed by atoms with E-state index in [1.165, 1.54) is 5.56 Å². The van der Waals surface area contributed by atoms with Gasteiger partial charge in [0.1, 0.15) is 0 Å². The van der Waals surface area contributed by atoms with Gasteiger partial charge in [-0.15, -0.1) is 0 Å². The van der Waals surface area contributed by atoms with Crippen molar-refractivity contribution in [3.05, 3.63) is 65.9 Å². The summed E-state index contributed by atoms with van der Waals surface area (Å²) in [5.74, 6) is 0.803. The maximum atomic E-state index is 12.1. The van der Waals surface area contributed by atoms with Crippen LogP contribution >= 0.6 is 0 Å². The monoisotopic (exact) mass is 280 g/mol. The lowest BCUT2D eigenvalue weighted by atomic mass is 9.90. The second-order valence-corrected chi connectivity index (χ2v) is 5.48. The zero-order chi connectivity index (χ0) is 14.7. The van der Waals surface area contributed by atoms with Crippen molar-refractivity contribution >= 4 is 11.7 Å². The van der Waals surface area contributed by atoms with Crippen molar-refractivity contribution in [1.82, 2.24) is 5.32 Å². The lowest BCUT2D eigenvalue weighted by Crippen LogP contribution is -2.31. The van der Waals surface area contributed by atoms with Crippen LogP contribution in [0.1, 0.15) is 18.9 Å². The largest absolute Gasteiger partial charge is 0.323 e. The SMILES string of the molecule is CCc1ccc(NC(=O)NC2=CCC3C=CC=CC23)cc1. The predicted octanol–water partition coefficient (Wildman–Crippen LogP) is 4.02. The first kappa shape index (κ1) is 13.7. The van der Waals surface area contributed by atoms with E-state index in [0.717, 1.165) is 24.2 Å². The van der Waals surface area contributed by atoms with Crippen LogP contribution in [0.4, 0.5) is 10.5 Å². The van der Waals surface area contributed by atoms with Crippen molar-refractivity contribution in [3.63, 3.8) is 0 Å². The second-order valence-electron chi connectivity index (χ2n) is 5.48. The van der Waals surface area contributed by atoms with Gasteiger partial charge >= 0.3 is 6.03 Å². The molecule has 0 bridgehead atoms. The standard InChI is InChI=1S/C18H20N2O/c1-2-13-7-10-15(11-8-13)19-18(21)20-17-12-9-14-5-3-4-6-16(14)17/h3-8,10-12,14,16H,2,9H2,1H3,(H2,19,20,21). The molecule has 0 radical (unpaired) electrons. The van der Waals surface area contributed by atoms with Gasteiger partial charge < -0.3 is 10.6 Å². The Morgan fingerprint density at radius 2 is 1.90 bits per heavy atom. The van der Waals surface area contributed by atoms with Crippen molar-refractivity contribution in [1.29, 1.82) is 0 Å². The highest BCUT2D eigenvalue weighted by atomic mass is 16.2. The van der Waals surface area contributed by atoms with Crippen LogP contribution in [0, 0.1) is 11.8 Å². The summed E-state index contributed by atoms with van der Waals surface area (Å²) in [6, 6.07) is 7.78. The molecule has 0 heterocycles. The van der Waals surface area contributed by atoms with Crippen LogP contribution in [0.3, 0.4) is 0 Å². The van der Waals surface area contributed by atoms with Gasteiger partial charge in [-0.2, -0.15) is 0 Å². The highest BCUT2D eigenvalue weighted by Crippen LogP contribution is 2.34. The molecule has 0 spiro atoms. The number of nitrogens with one attached hydrogen (secondary N) is 2. The number of amides is 2. The zero-order valence-electron chi connectivity index (χ0n) is 12.2. The maximum absolute atomic E-state index is 12.1. The smallest absolute Gasteiger partial charge is 0.311 e. The number of fused-ring (bicyclic) bond motifs is 1. The molecule has 21 heavy (non-hydrogen) atoms. The molecule has 0 aromatic heterocycles. The Morgan fingerprint density at radius 3 is 2.67 bits per heavy atom. The van der Waals surface area contributed by atoms with Crippen molar-refractivity contribution in [2.75, 3.05) is 5.32 Å². The fourth-order valence-electron chi connectivity index (χ4n) is 2.86. The van der Waals surface area contributed by atoms with Gasteiger partial charge in [0.2, 0.25) is 0 Å². The Bertz CT molecular complexity index is 611. The van der Waals surface area contributed by atoms with E-state index in [9.17, 15) is 4.79 Å². The average molecular weight is 280 g/mol. The molecule has 2 aliphatic rings. The maximum Gasteiger partial charge on any atom is 0.323 e. The lowest BCUT2D eigenvalue weighted by Gasteiger charge is -2.19. The molecule has 108 valence electrons. The first-order valence-corrected chi connectivity index (χ1v) is 7.48. The molecule has 3 heteroatoms. The van der Waals surface area contributed by atoms with E-state index in [-0.39, 0.29) is 6.03 Å². The fraction of sp³-hybridized carbons (Fsp3) is 0.278. The van der Waals surface area contributed by atoms with Gasteiger partial charge in [0.05, 0.1) is 0 Å². The summed E-state index contributed by atoms with van der Waals surface area (Å²) in [6.07, 6.45) is 12.6. The summed E-state index contributed by atoms with van der Waals surface area (Å²) in [4.78, 5) is 12.1. The molecule has 0 fully saturated rings. The zero-order valence-corrected chi connectivity index (χ0v) is 12.2. The molecular weight excluding hydrogens is 260 g/mol. The van der Waals surface area contributed by atoms with Gasteiger partial charge in [-0.1, -0.05) is 49.4 Å². The molecule has 2 N–H and O–H groups in total. The Hall–Kier alpha value is -2.29. The Labute approximate surface area is 125 Å². The van der Waals surface area contributed by atoms with E-state index in [1.807, 2.05) is 30.3 Å². The minimum Gasteiger partial charge on any atom is -0.311 e. The average Bonchev–Trinajstić information content (AvgIpc) is 2.91. The lowest BCUT2D eigenvalue weighted by molar-refractivity contribution is 0.253. The second kappa shape index (κ2) is 6.00. The first-order valence-electron chi connectivity index (χ1n) is 7.48. The van der Waals surface area contributed by atoms with E-state index >= 15 is 0 Å². The van der Waals surface area contributed by atoms with Crippen LogP contribution in [-0.2, 0) is 6.42 Å². The van der Waals surface area contributed by atoms with Gasteiger partial charge in [0.15, 0.2) is 0 Å². The van der Waals surface area contributed by atoms with Crippen molar-refractivity contribution in [2.24, 2.45) is 11.8 Å². The summed E-state index contributed by atoms with van der Waals surface area (Å²) < 4.78 is 0. The Balaban J connectivity index is 1.59. The molecule has 3 rings (SSSR count). The molecule has 2 amide bonds. The number of rotatable bonds is 3. The minimum absolute atomic E-state index is 0.172. The van der Waals surface area contributed by atoms with Gasteiger partial charge in [0, 0.05) is 17.3 Å². The van der Waals surface area contributed by atoms with Crippen molar-refractivity contribution < 1.29 is 4.79 Å². The molecule has 2 atom stereocenters. The van der Waals surface area contributed by atoms with Crippen LogP contribution in [0.25, 0.3) is 0 Å². The number of hydrogen-bond acceptors (Lipinski definition) is 1. The number of allylic oxidation sites excluding steroid dienone is 5. The van der Waals surface area contributed by atoms with Gasteiger partial charge in [-0.3, -0.25) is 0 Å². The highest BCUT2D eigenvalue weighted by molar-refractivity contribution is 5.90. The number of carbonyl (C=O) groups excluding carboxylic acids is 1. The predicted molar refractivity (Wildman–Crippen MR) is 85.9 cm³/mol. The molecular formula is C18H20N2O. The number of hydrogen-bond donors (Lipinski definition) is 2. The number of benzene rings is 1. The quantitative estimate of drug-likeness (QED) is 0.862. The van der Waals surface area contributed by atoms with Crippen LogP contribution in [0.15, 0.2) is 60.3 Å². The minimum atomic E-state index is -0.172. The third-order valence-corrected chi connectivity index (χ3v) is 4.10. The molecule has 3 nitrogen and oxygen atoms in total. The molecule has 0 saturated carbocycles. The summed E-state index contributed by atoms with van der Waals surface area (Å²) in [6.45, 7) is 2.12. The van der Waals surface area contributed by atoms with Crippen LogP contribution < -0.4 is 10.6 Å². The number of urea groups is 1. The summed E-state index contributed by atoms with van der Waals surface area (Å²) in [5.41, 5.74) is 3.09. The van der Waals surface area contributed by atoms with Gasteiger partial charge in [-0.25, -0.2) is 4.79 Å². The molecule has 2 aliphatic carbocycles. The summed E-state index contributed by atoms with van der Waals surface area (Å²) >= 11 is 0. The molecule has 0 aliphatic heterocycles. The van der Waals surface area contributed by atoms with Crippen LogP contribution in [0.2, 0.25) is 0 Å². The van der Waals surface area contributed by atoms with Crippen LogP contribution in [0.5, 0.6) is 0 Å².